The Hall–Kier alpha value is -3.19. The fourth-order valence-electron chi connectivity index (χ4n) is 2.79. The Kier molecular flexibility index (Phi) is 9.17. The number of carboxylic acid groups (broad SMARTS) is 1. The van der Waals surface area contributed by atoms with Gasteiger partial charge in [0.2, 0.25) is 5.95 Å². The zero-order valence-corrected chi connectivity index (χ0v) is 21.5. The smallest absolute Gasteiger partial charge is 0.280 e. The number of nitrogens with two attached hydrogens (primary N) is 1. The average Bonchev–Trinajstić information content (AvgIpc) is 2.75. The van der Waals surface area contributed by atoms with Crippen LogP contribution < -0.4 is 21.9 Å². The summed E-state index contributed by atoms with van der Waals surface area (Å²) in [5.41, 5.74) is 6.66. The van der Waals surface area contributed by atoms with E-state index in [1.165, 1.54) is 18.3 Å². The number of H-pyrrole nitrogens is 1. The van der Waals surface area contributed by atoms with Gasteiger partial charge in [0, 0.05) is 17.4 Å². The van der Waals surface area contributed by atoms with E-state index >= 15 is 0 Å². The van der Waals surface area contributed by atoms with Gasteiger partial charge in [0.05, 0.1) is 11.9 Å². The van der Waals surface area contributed by atoms with E-state index in [1.807, 2.05) is 0 Å². The van der Waals surface area contributed by atoms with Gasteiger partial charge in [-0.05, 0) is 0 Å². The summed E-state index contributed by atoms with van der Waals surface area (Å²) in [5.74, 6) is -1.78. The number of aromatic amines is 1. The van der Waals surface area contributed by atoms with Gasteiger partial charge >= 0.3 is 126 Å². The average molecular weight is 517 g/mol. The Morgan fingerprint density at radius 3 is 2.52 bits per heavy atom. The number of amides is 1. The number of hydrogen-bond donors (Lipinski definition) is 5. The van der Waals surface area contributed by atoms with Crippen LogP contribution in [0.2, 0.25) is 0 Å². The number of carboxylic acids is 1. The molecule has 2 aromatic heterocycles. The van der Waals surface area contributed by atoms with Crippen LogP contribution in [-0.4, -0.2) is 64.7 Å². The van der Waals surface area contributed by atoms with Crippen LogP contribution >= 0.6 is 0 Å². The zero-order chi connectivity index (χ0) is 23.3. The Morgan fingerprint density at radius 2 is 1.88 bits per heavy atom. The molecule has 0 saturated heterocycles. The minimum atomic E-state index is -1.19. The maximum atomic E-state index is 12.3. The Bertz CT molecular complexity index is 1240. The van der Waals surface area contributed by atoms with E-state index < -0.39 is 23.5 Å². The van der Waals surface area contributed by atoms with Crippen molar-refractivity contribution < 1.29 is 37.8 Å². The molecule has 14 heteroatoms. The standard InChI is InChI=1S/C19H18N7O5.Al.Zn/c20-19-25-15-14(17(29)26-19)23-12(9-22-15)8-21-11-5-3-10(4-6-11)16(28)24-13(18(30)31)2-1-7-27;;/h3-6,9,13,21H,1-2,8H2,(H,24,28)(H,30,31)(H3,20,22,25,26,29);;/t13-;;/m0../s1. The fourth-order valence-corrected chi connectivity index (χ4v) is 3.22. The molecular formula is C19H18AlN7O5Zn. The largest absolute Gasteiger partial charge is 0.291 e. The van der Waals surface area contributed by atoms with Crippen LogP contribution in [0.4, 0.5) is 11.6 Å². The molecule has 2 heterocycles. The van der Waals surface area contributed by atoms with Crippen molar-refractivity contribution in [1.29, 1.82) is 0 Å². The second kappa shape index (κ2) is 11.6. The molecular weight excluding hydrogens is 499 g/mol. The van der Waals surface area contributed by atoms with Crippen LogP contribution in [0, 0.1) is 0 Å². The van der Waals surface area contributed by atoms with Gasteiger partial charge in [-0.2, -0.15) is 4.98 Å². The van der Waals surface area contributed by atoms with Gasteiger partial charge in [-0.25, -0.2) is 9.97 Å². The SMILES string of the molecule is Nc1nc2ncc(CNc3ccc(C(=O)N[C@@H](CC[C](=O)[Zn])C(=O)O)cc3)nc2c(=O)[nH]1.[Al]. The molecule has 1 aromatic carbocycles. The Balaban J connectivity index is 0.00000385. The normalized spacial score (nSPS) is 11.3. The summed E-state index contributed by atoms with van der Waals surface area (Å²) in [6, 6.07) is 5.24. The predicted octanol–water partition coefficient (Wildman–Crippen LogP) is -0.437. The number of carbonyl (C=O) groups excluding carboxylic acids is 2. The van der Waals surface area contributed by atoms with Gasteiger partial charge in [0.25, 0.3) is 5.56 Å². The first-order chi connectivity index (χ1) is 15.2. The second-order valence-electron chi connectivity index (χ2n) is 6.86. The van der Waals surface area contributed by atoms with E-state index in [9.17, 15) is 24.3 Å². The maximum absolute atomic E-state index is 12.3. The van der Waals surface area contributed by atoms with E-state index in [0.717, 1.165) is 0 Å². The van der Waals surface area contributed by atoms with Crippen LogP contribution in [0.5, 0.6) is 0 Å². The van der Waals surface area contributed by atoms with Crippen molar-refractivity contribution in [2.75, 3.05) is 11.1 Å². The third-order valence-corrected chi connectivity index (χ3v) is 5.16. The molecule has 6 N–H and O–H groups in total. The molecule has 12 nitrogen and oxygen atoms in total. The molecule has 0 spiro atoms. The van der Waals surface area contributed by atoms with Crippen LogP contribution in [0.25, 0.3) is 11.2 Å². The van der Waals surface area contributed by atoms with Gasteiger partial charge in [-0.15, -0.1) is 0 Å². The number of carbonyl (C=O) groups is 3. The molecule has 3 aromatic rings. The zero-order valence-electron chi connectivity index (χ0n) is 17.4. The summed E-state index contributed by atoms with van der Waals surface area (Å²) in [6.07, 6.45) is 1.64. The number of benzene rings is 1. The minimum Gasteiger partial charge on any atom is -0.291 e. The van der Waals surface area contributed by atoms with Crippen molar-refractivity contribution in [2.45, 2.75) is 25.4 Å². The molecule has 0 bridgehead atoms. The van der Waals surface area contributed by atoms with E-state index in [4.69, 9.17) is 5.73 Å². The summed E-state index contributed by atoms with van der Waals surface area (Å²) in [5, 5.41) is 14.8. The third-order valence-electron chi connectivity index (χ3n) is 4.42. The predicted molar refractivity (Wildman–Crippen MR) is 115 cm³/mol. The number of hydrogen-bond acceptors (Lipinski definition) is 9. The number of aromatic nitrogens is 4. The number of nitrogens with one attached hydrogen (secondary N) is 3. The first-order valence-corrected chi connectivity index (χ1v) is 10.9. The van der Waals surface area contributed by atoms with Crippen molar-refractivity contribution in [3.8, 4) is 0 Å². The van der Waals surface area contributed by atoms with Crippen LogP contribution in [-0.2, 0) is 34.4 Å². The topological polar surface area (TPSA) is 193 Å². The molecule has 1 atom stereocenters. The molecule has 0 aliphatic carbocycles. The third kappa shape index (κ3) is 7.15. The summed E-state index contributed by atoms with van der Waals surface area (Å²) in [7, 11) is 0. The monoisotopic (exact) mass is 515 g/mol. The summed E-state index contributed by atoms with van der Waals surface area (Å²) in [6.45, 7) is 0.257. The quantitative estimate of drug-likeness (QED) is 0.233. The van der Waals surface area contributed by atoms with Crippen LogP contribution in [0.15, 0.2) is 35.3 Å². The Morgan fingerprint density at radius 1 is 1.18 bits per heavy atom. The number of aliphatic carboxylic acids is 1. The Labute approximate surface area is 207 Å². The molecule has 3 rings (SSSR count). The molecule has 1 amide bonds. The molecule has 33 heavy (non-hydrogen) atoms. The van der Waals surface area contributed by atoms with E-state index in [1.54, 1.807) is 12.1 Å². The molecule has 0 aliphatic heterocycles. The van der Waals surface area contributed by atoms with Gasteiger partial charge < -0.3 is 5.73 Å². The van der Waals surface area contributed by atoms with Crippen LogP contribution in [0.3, 0.4) is 0 Å². The van der Waals surface area contributed by atoms with Gasteiger partial charge in [0.1, 0.15) is 0 Å². The maximum Gasteiger partial charge on any atom is 0.280 e. The number of anilines is 2. The molecule has 0 unspecified atom stereocenters. The van der Waals surface area contributed by atoms with E-state index in [0.29, 0.717) is 29.7 Å². The van der Waals surface area contributed by atoms with Crippen molar-refractivity contribution in [3.63, 3.8) is 0 Å². The van der Waals surface area contributed by atoms with Gasteiger partial charge in [-0.1, -0.05) is 0 Å². The van der Waals surface area contributed by atoms with Crippen LogP contribution in [0.1, 0.15) is 28.9 Å². The number of rotatable bonds is 9. The summed E-state index contributed by atoms with van der Waals surface area (Å²) in [4.78, 5) is 61.3. The number of nitrogens with zero attached hydrogens (tertiary/aromatic N) is 3. The van der Waals surface area contributed by atoms with E-state index in [2.05, 4.69) is 30.6 Å². The first kappa shape index (κ1) is 26.1. The molecule has 0 aliphatic rings. The van der Waals surface area contributed by atoms with Crippen molar-refractivity contribution in [2.24, 2.45) is 0 Å². The summed E-state index contributed by atoms with van der Waals surface area (Å²) >= 11 is 0.446. The minimum absolute atomic E-state index is 0. The second-order valence-corrected chi connectivity index (χ2v) is 8.51. The van der Waals surface area contributed by atoms with Crippen molar-refractivity contribution >= 4 is 56.4 Å². The van der Waals surface area contributed by atoms with E-state index in [-0.39, 0.29) is 63.8 Å². The molecule has 3 radical (unpaired) electrons. The molecule has 0 fully saturated rings. The molecule has 164 valence electrons. The van der Waals surface area contributed by atoms with Gasteiger partial charge in [-0.3, -0.25) is 9.78 Å². The fraction of sp³-hybridized carbons (Fsp3) is 0.211. The van der Waals surface area contributed by atoms with Crippen molar-refractivity contribution in [1.82, 2.24) is 25.3 Å². The van der Waals surface area contributed by atoms with Crippen molar-refractivity contribution in [3.05, 3.63) is 52.1 Å². The molecule has 0 saturated carbocycles. The number of fused-ring (bicyclic) bond motifs is 1. The summed E-state index contributed by atoms with van der Waals surface area (Å²) < 4.78 is -0.0259. The van der Waals surface area contributed by atoms with Gasteiger partial charge in [0.15, 0.2) is 11.2 Å². The number of nitrogen functional groups attached to an aromatic ring is 1. The first-order valence-electron chi connectivity index (χ1n) is 9.46.